The van der Waals surface area contributed by atoms with Gasteiger partial charge in [0.25, 0.3) is 0 Å². The van der Waals surface area contributed by atoms with Crippen LogP contribution >= 0.6 is 0 Å². The first-order valence-electron chi connectivity index (χ1n) is 4.85. The van der Waals surface area contributed by atoms with Crippen LogP contribution in [0.2, 0.25) is 0 Å². The van der Waals surface area contributed by atoms with Gasteiger partial charge in [-0.25, -0.2) is 4.79 Å². The number of hydrogen-bond donors (Lipinski definition) is 2. The van der Waals surface area contributed by atoms with Crippen LogP contribution in [-0.2, 0) is 7.05 Å². The lowest BCUT2D eigenvalue weighted by molar-refractivity contribution is 0.252. The Morgan fingerprint density at radius 3 is 2.80 bits per heavy atom. The van der Waals surface area contributed by atoms with Gasteiger partial charge in [0.1, 0.15) is 0 Å². The van der Waals surface area contributed by atoms with E-state index in [1.54, 1.807) is 19.3 Å². The number of rotatable bonds is 3. The Morgan fingerprint density at radius 1 is 1.47 bits per heavy atom. The fraction of sp³-hybridized carbons (Fsp3) is 0.400. The van der Waals surface area contributed by atoms with E-state index in [0.29, 0.717) is 12.2 Å². The minimum atomic E-state index is -0.254. The molecule has 15 heavy (non-hydrogen) atoms. The first kappa shape index (κ1) is 11.3. The molecule has 5 nitrogen and oxygen atoms in total. The predicted octanol–water partition coefficient (Wildman–Crippen LogP) is 0.917. The largest absolute Gasteiger partial charge is 0.338 e. The van der Waals surface area contributed by atoms with Crippen LogP contribution in [0, 0.1) is 0 Å². The number of amides is 2. The summed E-state index contributed by atoms with van der Waals surface area (Å²) in [5.41, 5.74) is 0.500. The van der Waals surface area contributed by atoms with Gasteiger partial charge in [0.05, 0.1) is 5.69 Å². The van der Waals surface area contributed by atoms with Crippen LogP contribution in [0.1, 0.15) is 13.3 Å². The number of aryl methyl sites for hydroxylation is 1. The summed E-state index contributed by atoms with van der Waals surface area (Å²) >= 11 is 0. The van der Waals surface area contributed by atoms with E-state index in [1.807, 2.05) is 6.92 Å². The summed E-state index contributed by atoms with van der Waals surface area (Å²) in [6, 6.07) is 2.74. The number of pyridine rings is 1. The van der Waals surface area contributed by atoms with Gasteiger partial charge in [-0.3, -0.25) is 4.79 Å². The molecular formula is C10H15N3O2. The third-order valence-corrected chi connectivity index (χ3v) is 1.88. The molecule has 0 saturated heterocycles. The molecule has 0 atom stereocenters. The molecule has 0 aliphatic carbocycles. The Bertz CT molecular complexity index is 398. The van der Waals surface area contributed by atoms with Gasteiger partial charge in [-0.15, -0.1) is 0 Å². The minimum Gasteiger partial charge on any atom is -0.338 e. The van der Waals surface area contributed by atoms with Crippen LogP contribution in [0.15, 0.2) is 23.1 Å². The highest BCUT2D eigenvalue weighted by atomic mass is 16.2. The fourth-order valence-electron chi connectivity index (χ4n) is 1.08. The molecule has 0 spiro atoms. The average Bonchev–Trinajstić information content (AvgIpc) is 2.20. The number of urea groups is 1. The average molecular weight is 209 g/mol. The quantitative estimate of drug-likeness (QED) is 0.777. The van der Waals surface area contributed by atoms with Crippen molar-refractivity contribution >= 4 is 11.7 Å². The third kappa shape index (κ3) is 3.46. The highest BCUT2D eigenvalue weighted by Gasteiger charge is 2.00. The molecule has 82 valence electrons. The van der Waals surface area contributed by atoms with Crippen LogP contribution in [-0.4, -0.2) is 17.1 Å². The van der Waals surface area contributed by atoms with Gasteiger partial charge in [-0.1, -0.05) is 6.92 Å². The third-order valence-electron chi connectivity index (χ3n) is 1.88. The van der Waals surface area contributed by atoms with Crippen molar-refractivity contribution in [2.45, 2.75) is 13.3 Å². The molecule has 0 aromatic carbocycles. The smallest absolute Gasteiger partial charge is 0.319 e. The van der Waals surface area contributed by atoms with Gasteiger partial charge < -0.3 is 15.2 Å². The lowest BCUT2D eigenvalue weighted by Crippen LogP contribution is -2.29. The SMILES string of the molecule is CCCNC(=O)Nc1ccc(=O)n(C)c1. The second-order valence-corrected chi connectivity index (χ2v) is 3.25. The normalized spacial score (nSPS) is 9.73. The zero-order valence-electron chi connectivity index (χ0n) is 8.91. The zero-order chi connectivity index (χ0) is 11.3. The van der Waals surface area contributed by atoms with E-state index in [4.69, 9.17) is 0 Å². The highest BCUT2D eigenvalue weighted by molar-refractivity contribution is 5.88. The second kappa shape index (κ2) is 5.19. The Morgan fingerprint density at radius 2 is 2.20 bits per heavy atom. The maximum absolute atomic E-state index is 11.3. The summed E-state index contributed by atoms with van der Waals surface area (Å²) in [6.45, 7) is 2.62. The molecule has 1 rings (SSSR count). The summed E-state index contributed by atoms with van der Waals surface area (Å²) < 4.78 is 1.41. The van der Waals surface area contributed by atoms with Gasteiger partial charge in [0.15, 0.2) is 0 Å². The van der Waals surface area contributed by atoms with Gasteiger partial charge >= 0.3 is 6.03 Å². The Balaban J connectivity index is 2.61. The molecule has 1 aromatic rings. The van der Waals surface area contributed by atoms with Crippen LogP contribution in [0.5, 0.6) is 0 Å². The lowest BCUT2D eigenvalue weighted by atomic mass is 10.4. The van der Waals surface area contributed by atoms with E-state index in [9.17, 15) is 9.59 Å². The standard InChI is InChI=1S/C10H15N3O2/c1-3-6-11-10(15)12-8-4-5-9(14)13(2)7-8/h4-5,7H,3,6H2,1-2H3,(H2,11,12,15). The summed E-state index contributed by atoms with van der Waals surface area (Å²) in [6.07, 6.45) is 2.47. The molecule has 0 fully saturated rings. The van der Waals surface area contributed by atoms with E-state index in [2.05, 4.69) is 10.6 Å². The summed E-state index contributed by atoms with van der Waals surface area (Å²) in [5.74, 6) is 0. The van der Waals surface area contributed by atoms with Crippen LogP contribution in [0.3, 0.4) is 0 Å². The first-order valence-corrected chi connectivity index (χ1v) is 4.85. The predicted molar refractivity (Wildman–Crippen MR) is 59.0 cm³/mol. The molecule has 0 radical (unpaired) electrons. The van der Waals surface area contributed by atoms with Crippen molar-refractivity contribution in [1.82, 2.24) is 9.88 Å². The van der Waals surface area contributed by atoms with E-state index in [0.717, 1.165) is 6.42 Å². The second-order valence-electron chi connectivity index (χ2n) is 3.25. The molecule has 1 heterocycles. The molecule has 0 aliphatic rings. The van der Waals surface area contributed by atoms with E-state index < -0.39 is 0 Å². The molecule has 0 aliphatic heterocycles. The molecule has 2 amide bonds. The number of carbonyl (C=O) groups excluding carboxylic acids is 1. The van der Waals surface area contributed by atoms with Crippen molar-refractivity contribution in [2.24, 2.45) is 7.05 Å². The first-order chi connectivity index (χ1) is 7.13. The molecule has 0 unspecified atom stereocenters. The molecule has 2 N–H and O–H groups in total. The molecule has 0 bridgehead atoms. The van der Waals surface area contributed by atoms with Gasteiger partial charge in [0.2, 0.25) is 5.56 Å². The van der Waals surface area contributed by atoms with Gasteiger partial charge in [-0.05, 0) is 12.5 Å². The van der Waals surface area contributed by atoms with Crippen molar-refractivity contribution < 1.29 is 4.79 Å². The Hall–Kier alpha value is -1.78. The van der Waals surface area contributed by atoms with E-state index in [1.165, 1.54) is 10.6 Å². The number of aromatic nitrogens is 1. The maximum atomic E-state index is 11.3. The lowest BCUT2D eigenvalue weighted by Gasteiger charge is -2.07. The van der Waals surface area contributed by atoms with Crippen molar-refractivity contribution in [3.63, 3.8) is 0 Å². The summed E-state index contributed by atoms with van der Waals surface area (Å²) in [4.78, 5) is 22.3. The highest BCUT2D eigenvalue weighted by Crippen LogP contribution is 2.01. The molecule has 5 heteroatoms. The number of carbonyl (C=O) groups is 1. The number of nitrogens with zero attached hydrogens (tertiary/aromatic N) is 1. The molecule has 0 saturated carbocycles. The van der Waals surface area contributed by atoms with Crippen molar-refractivity contribution in [3.8, 4) is 0 Å². The zero-order valence-corrected chi connectivity index (χ0v) is 8.91. The van der Waals surface area contributed by atoms with Gasteiger partial charge in [-0.2, -0.15) is 0 Å². The Kier molecular flexibility index (Phi) is 3.91. The van der Waals surface area contributed by atoms with Crippen LogP contribution < -0.4 is 16.2 Å². The summed E-state index contributed by atoms with van der Waals surface area (Å²) in [7, 11) is 1.64. The number of nitrogens with one attached hydrogen (secondary N) is 2. The molecule has 1 aromatic heterocycles. The maximum Gasteiger partial charge on any atom is 0.319 e. The summed E-state index contributed by atoms with van der Waals surface area (Å²) in [5, 5.41) is 5.31. The Labute approximate surface area is 88.1 Å². The van der Waals surface area contributed by atoms with Crippen molar-refractivity contribution in [2.75, 3.05) is 11.9 Å². The van der Waals surface area contributed by atoms with Crippen LogP contribution in [0.25, 0.3) is 0 Å². The fourth-order valence-corrected chi connectivity index (χ4v) is 1.08. The number of hydrogen-bond acceptors (Lipinski definition) is 2. The number of anilines is 1. The molecular weight excluding hydrogens is 194 g/mol. The van der Waals surface area contributed by atoms with Gasteiger partial charge in [0, 0.05) is 25.9 Å². The van der Waals surface area contributed by atoms with E-state index in [-0.39, 0.29) is 11.6 Å². The minimum absolute atomic E-state index is 0.102. The van der Waals surface area contributed by atoms with Crippen molar-refractivity contribution in [3.05, 3.63) is 28.7 Å². The van der Waals surface area contributed by atoms with Crippen molar-refractivity contribution in [1.29, 1.82) is 0 Å². The topological polar surface area (TPSA) is 63.1 Å². The monoisotopic (exact) mass is 209 g/mol. The van der Waals surface area contributed by atoms with Crippen LogP contribution in [0.4, 0.5) is 10.5 Å². The van der Waals surface area contributed by atoms with E-state index >= 15 is 0 Å².